The van der Waals surface area contributed by atoms with Crippen molar-refractivity contribution >= 4 is 10.0 Å². The lowest BCUT2D eigenvalue weighted by Gasteiger charge is -2.30. The lowest BCUT2D eigenvalue weighted by atomic mass is 10.1. The molecule has 110 valence electrons. The minimum absolute atomic E-state index is 0.0802. The van der Waals surface area contributed by atoms with E-state index in [4.69, 9.17) is 4.74 Å². The van der Waals surface area contributed by atoms with Crippen molar-refractivity contribution < 1.29 is 13.2 Å². The summed E-state index contributed by atoms with van der Waals surface area (Å²) in [4.78, 5) is 0.294. The van der Waals surface area contributed by atoms with Gasteiger partial charge in [0.15, 0.2) is 0 Å². The third-order valence-electron chi connectivity index (χ3n) is 4.05. The van der Waals surface area contributed by atoms with Gasteiger partial charge in [0.05, 0.1) is 6.04 Å². The first-order valence-electron chi connectivity index (χ1n) is 7.13. The van der Waals surface area contributed by atoms with Gasteiger partial charge in [0.1, 0.15) is 16.7 Å². The molecule has 2 aliphatic heterocycles. The summed E-state index contributed by atoms with van der Waals surface area (Å²) in [6.07, 6.45) is 1.53. The molecular formula is C14H20N2O3S. The second kappa shape index (κ2) is 5.35. The van der Waals surface area contributed by atoms with Gasteiger partial charge in [-0.15, -0.1) is 0 Å². The van der Waals surface area contributed by atoms with Gasteiger partial charge in [-0.05, 0) is 38.1 Å². The van der Waals surface area contributed by atoms with Gasteiger partial charge in [-0.2, -0.15) is 4.31 Å². The molecule has 1 aromatic rings. The Morgan fingerprint density at radius 3 is 2.85 bits per heavy atom. The Morgan fingerprint density at radius 1 is 1.30 bits per heavy atom. The van der Waals surface area contributed by atoms with Gasteiger partial charge >= 0.3 is 0 Å². The van der Waals surface area contributed by atoms with Crippen molar-refractivity contribution in [2.45, 2.75) is 36.8 Å². The van der Waals surface area contributed by atoms with Crippen LogP contribution in [0.3, 0.4) is 0 Å². The van der Waals surface area contributed by atoms with Crippen molar-refractivity contribution in [1.29, 1.82) is 0 Å². The maximum Gasteiger partial charge on any atom is 0.247 e. The highest BCUT2D eigenvalue weighted by atomic mass is 32.2. The molecule has 1 aromatic carbocycles. The highest BCUT2D eigenvalue weighted by Crippen LogP contribution is 2.35. The fourth-order valence-electron chi connectivity index (χ4n) is 3.10. The van der Waals surface area contributed by atoms with Crippen LogP contribution in [-0.2, 0) is 10.0 Å². The van der Waals surface area contributed by atoms with Crippen LogP contribution >= 0.6 is 0 Å². The lowest BCUT2D eigenvalue weighted by Crippen LogP contribution is -2.46. The van der Waals surface area contributed by atoms with Crippen LogP contribution in [0.5, 0.6) is 5.75 Å². The topological polar surface area (TPSA) is 58.6 Å². The minimum Gasteiger partial charge on any atom is -0.487 e. The summed E-state index contributed by atoms with van der Waals surface area (Å²) < 4.78 is 33.4. The highest BCUT2D eigenvalue weighted by Gasteiger charge is 2.41. The van der Waals surface area contributed by atoms with Gasteiger partial charge in [-0.3, -0.25) is 0 Å². The van der Waals surface area contributed by atoms with E-state index in [1.54, 1.807) is 22.5 Å². The summed E-state index contributed by atoms with van der Waals surface area (Å²) in [5, 5.41) is 3.32. The lowest BCUT2D eigenvalue weighted by molar-refractivity contribution is 0.115. The van der Waals surface area contributed by atoms with Crippen molar-refractivity contribution in [3.63, 3.8) is 0 Å². The molecule has 0 amide bonds. The van der Waals surface area contributed by atoms with E-state index >= 15 is 0 Å². The molecule has 2 atom stereocenters. The van der Waals surface area contributed by atoms with Crippen LogP contribution in [-0.4, -0.2) is 44.5 Å². The van der Waals surface area contributed by atoms with E-state index in [2.05, 4.69) is 5.32 Å². The average Bonchev–Trinajstić information content (AvgIpc) is 2.69. The predicted molar refractivity (Wildman–Crippen MR) is 76.3 cm³/mol. The molecule has 20 heavy (non-hydrogen) atoms. The Hall–Kier alpha value is -1.11. The zero-order valence-electron chi connectivity index (χ0n) is 11.6. The molecule has 1 saturated heterocycles. The Kier molecular flexibility index (Phi) is 3.70. The first-order chi connectivity index (χ1) is 9.64. The Morgan fingerprint density at radius 2 is 2.05 bits per heavy atom. The van der Waals surface area contributed by atoms with Crippen LogP contribution in [0.15, 0.2) is 29.2 Å². The van der Waals surface area contributed by atoms with Crippen LogP contribution in [0.25, 0.3) is 0 Å². The highest BCUT2D eigenvalue weighted by molar-refractivity contribution is 7.89. The molecule has 3 rings (SSSR count). The van der Waals surface area contributed by atoms with Gasteiger partial charge in [-0.1, -0.05) is 19.1 Å². The molecule has 0 aliphatic carbocycles. The molecule has 0 radical (unpaired) electrons. The normalized spacial score (nSPS) is 29.4. The van der Waals surface area contributed by atoms with Crippen molar-refractivity contribution in [2.75, 3.05) is 19.6 Å². The van der Waals surface area contributed by atoms with Crippen molar-refractivity contribution in [1.82, 2.24) is 9.62 Å². The van der Waals surface area contributed by atoms with E-state index in [9.17, 15) is 8.42 Å². The van der Waals surface area contributed by atoms with E-state index in [-0.39, 0.29) is 12.1 Å². The number of sulfonamides is 1. The summed E-state index contributed by atoms with van der Waals surface area (Å²) in [5.74, 6) is 0.486. The monoisotopic (exact) mass is 296 g/mol. The summed E-state index contributed by atoms with van der Waals surface area (Å²) in [7, 11) is -3.48. The Labute approximate surface area is 120 Å². The number of hydrogen-bond acceptors (Lipinski definition) is 4. The number of fused-ring (bicyclic) bond motifs is 2. The van der Waals surface area contributed by atoms with Crippen LogP contribution in [0, 0.1) is 0 Å². The van der Waals surface area contributed by atoms with Crippen LogP contribution < -0.4 is 10.1 Å². The zero-order valence-corrected chi connectivity index (χ0v) is 12.4. The molecule has 0 aromatic heterocycles. The zero-order chi connectivity index (χ0) is 14.2. The van der Waals surface area contributed by atoms with Gasteiger partial charge in [0.25, 0.3) is 0 Å². The number of hydrogen-bond donors (Lipinski definition) is 1. The number of para-hydroxylation sites is 1. The molecule has 5 nitrogen and oxygen atoms in total. The summed E-state index contributed by atoms with van der Waals surface area (Å²) in [5.41, 5.74) is 0. The smallest absolute Gasteiger partial charge is 0.247 e. The predicted octanol–water partition coefficient (Wildman–Crippen LogP) is 1.21. The Balaban J connectivity index is 2.13. The van der Waals surface area contributed by atoms with Crippen molar-refractivity contribution in [2.24, 2.45) is 0 Å². The maximum absolute atomic E-state index is 12.8. The minimum atomic E-state index is -3.48. The molecule has 2 aliphatic rings. The molecule has 0 saturated carbocycles. The SMILES string of the molecule is CCN1[C@H]2CCNCC[C@@H]2Oc2ccccc2S1(=O)=O. The number of rotatable bonds is 1. The van der Waals surface area contributed by atoms with Gasteiger partial charge < -0.3 is 10.1 Å². The number of ether oxygens (including phenoxy) is 1. The van der Waals surface area contributed by atoms with Crippen molar-refractivity contribution in [3.05, 3.63) is 24.3 Å². The molecule has 1 fully saturated rings. The fraction of sp³-hybridized carbons (Fsp3) is 0.571. The number of likely N-dealkylation sites (N-methyl/N-ethyl adjacent to an activating group) is 1. The van der Waals surface area contributed by atoms with E-state index in [0.29, 0.717) is 17.2 Å². The molecule has 0 spiro atoms. The molecule has 1 N–H and O–H groups in total. The first kappa shape index (κ1) is 13.9. The van der Waals surface area contributed by atoms with Crippen LogP contribution in [0.4, 0.5) is 0 Å². The second-order valence-electron chi connectivity index (χ2n) is 5.21. The molecule has 0 bridgehead atoms. The van der Waals surface area contributed by atoms with Crippen LogP contribution in [0.2, 0.25) is 0 Å². The third-order valence-corrected chi connectivity index (χ3v) is 6.09. The molecule has 0 unspecified atom stereocenters. The number of nitrogens with one attached hydrogen (secondary N) is 1. The van der Waals surface area contributed by atoms with E-state index in [0.717, 1.165) is 25.9 Å². The number of benzene rings is 1. The van der Waals surface area contributed by atoms with Crippen molar-refractivity contribution in [3.8, 4) is 5.75 Å². The maximum atomic E-state index is 12.8. The fourth-order valence-corrected chi connectivity index (χ4v) is 4.91. The quantitative estimate of drug-likeness (QED) is 0.846. The van der Waals surface area contributed by atoms with Gasteiger partial charge in [0.2, 0.25) is 10.0 Å². The molecular weight excluding hydrogens is 276 g/mol. The Bertz CT molecular complexity index is 588. The summed E-state index contributed by atoms with van der Waals surface area (Å²) >= 11 is 0. The standard InChI is InChI=1S/C14H20N2O3S/c1-2-16-11-7-9-15-10-8-12(11)19-13-5-3-4-6-14(13)20(16,17)18/h3-6,11-12,15H,2,7-10H2,1H3/t11-,12-/m0/s1. The summed E-state index contributed by atoms with van der Waals surface area (Å²) in [6, 6.07) is 6.86. The van der Waals surface area contributed by atoms with E-state index in [1.807, 2.05) is 13.0 Å². The average molecular weight is 296 g/mol. The second-order valence-corrected chi connectivity index (χ2v) is 7.07. The molecule has 6 heteroatoms. The van der Waals surface area contributed by atoms with Crippen LogP contribution in [0.1, 0.15) is 19.8 Å². The molecule has 2 heterocycles. The van der Waals surface area contributed by atoms with E-state index in [1.165, 1.54) is 0 Å². The number of nitrogens with zero attached hydrogens (tertiary/aromatic N) is 1. The first-order valence-corrected chi connectivity index (χ1v) is 8.57. The largest absolute Gasteiger partial charge is 0.487 e. The van der Waals surface area contributed by atoms with E-state index < -0.39 is 10.0 Å². The summed E-state index contributed by atoms with van der Waals surface area (Å²) in [6.45, 7) is 4.05. The van der Waals surface area contributed by atoms with Gasteiger partial charge in [0, 0.05) is 6.54 Å². The van der Waals surface area contributed by atoms with Gasteiger partial charge in [-0.25, -0.2) is 8.42 Å². The third kappa shape index (κ3) is 2.21.